The summed E-state index contributed by atoms with van der Waals surface area (Å²) >= 11 is 0. The molecule has 0 amide bonds. The first-order chi connectivity index (χ1) is 13.1. The van der Waals surface area contributed by atoms with E-state index in [0.717, 1.165) is 25.3 Å². The van der Waals surface area contributed by atoms with Crippen LogP contribution in [0.5, 0.6) is 0 Å². The topological polar surface area (TPSA) is 61.8 Å². The molecule has 0 aromatic heterocycles. The van der Waals surface area contributed by atoms with Gasteiger partial charge in [-0.2, -0.15) is 0 Å². The van der Waals surface area contributed by atoms with E-state index < -0.39 is 9.84 Å². The molecular weight excluding hydrogens is 358 g/mol. The zero-order chi connectivity index (χ0) is 18.9. The molecular formula is C21H25N3O2S. The third-order valence-electron chi connectivity index (χ3n) is 5.43. The van der Waals surface area contributed by atoms with Crippen LogP contribution in [0.4, 0.5) is 5.69 Å². The second kappa shape index (κ2) is 7.35. The zero-order valence-corrected chi connectivity index (χ0v) is 16.4. The molecule has 2 aliphatic heterocycles. The number of benzene rings is 2. The summed E-state index contributed by atoms with van der Waals surface area (Å²) in [5.41, 5.74) is 4.96. The van der Waals surface area contributed by atoms with Crippen LogP contribution in [0, 0.1) is 5.92 Å². The quantitative estimate of drug-likeness (QED) is 0.654. The van der Waals surface area contributed by atoms with Crippen molar-refractivity contribution in [1.29, 1.82) is 0 Å². The summed E-state index contributed by atoms with van der Waals surface area (Å²) in [4.78, 5) is 6.63. The fourth-order valence-corrected chi connectivity index (χ4v) is 5.86. The van der Waals surface area contributed by atoms with Crippen molar-refractivity contribution < 1.29 is 8.42 Å². The molecule has 0 bridgehead atoms. The minimum Gasteiger partial charge on any atom is -0.356 e. The number of sulfone groups is 1. The highest BCUT2D eigenvalue weighted by Gasteiger charge is 2.29. The van der Waals surface area contributed by atoms with Gasteiger partial charge in [-0.25, -0.2) is 8.42 Å². The highest BCUT2D eigenvalue weighted by Crippen LogP contribution is 2.32. The van der Waals surface area contributed by atoms with Gasteiger partial charge in [-0.3, -0.25) is 4.99 Å². The number of hydrogen-bond acceptors (Lipinski definition) is 3. The normalized spacial score (nSPS) is 21.3. The van der Waals surface area contributed by atoms with Crippen LogP contribution in [0.1, 0.15) is 12.0 Å². The summed E-state index contributed by atoms with van der Waals surface area (Å²) in [7, 11) is -1.06. The molecule has 0 saturated carbocycles. The van der Waals surface area contributed by atoms with Crippen molar-refractivity contribution in [2.45, 2.75) is 12.8 Å². The number of fused-ring (bicyclic) bond motifs is 1. The minimum atomic E-state index is -2.84. The van der Waals surface area contributed by atoms with Crippen LogP contribution < -0.4 is 10.2 Å². The van der Waals surface area contributed by atoms with Crippen molar-refractivity contribution in [3.05, 3.63) is 54.1 Å². The van der Waals surface area contributed by atoms with Crippen molar-refractivity contribution in [3.63, 3.8) is 0 Å². The van der Waals surface area contributed by atoms with Crippen LogP contribution in [-0.4, -0.2) is 46.0 Å². The zero-order valence-electron chi connectivity index (χ0n) is 15.6. The van der Waals surface area contributed by atoms with Gasteiger partial charge in [-0.05, 0) is 47.6 Å². The Labute approximate surface area is 161 Å². The fourth-order valence-electron chi connectivity index (χ4n) is 4.00. The van der Waals surface area contributed by atoms with Crippen molar-refractivity contribution >= 4 is 21.5 Å². The lowest BCUT2D eigenvalue weighted by Gasteiger charge is -2.23. The van der Waals surface area contributed by atoms with Crippen LogP contribution in [0.15, 0.2) is 53.5 Å². The van der Waals surface area contributed by atoms with Crippen LogP contribution in [0.2, 0.25) is 0 Å². The van der Waals surface area contributed by atoms with E-state index in [2.05, 4.69) is 57.7 Å². The first-order valence-corrected chi connectivity index (χ1v) is 11.2. The monoisotopic (exact) mass is 383 g/mol. The molecule has 2 heterocycles. The van der Waals surface area contributed by atoms with Crippen molar-refractivity contribution in [1.82, 2.24) is 5.32 Å². The van der Waals surface area contributed by atoms with E-state index in [4.69, 9.17) is 0 Å². The molecule has 1 N–H and O–H groups in total. The molecule has 1 saturated heterocycles. The van der Waals surface area contributed by atoms with Gasteiger partial charge >= 0.3 is 0 Å². The summed E-state index contributed by atoms with van der Waals surface area (Å²) in [6.45, 7) is 1.54. The second-order valence-electron chi connectivity index (χ2n) is 7.31. The van der Waals surface area contributed by atoms with Gasteiger partial charge < -0.3 is 10.2 Å². The predicted molar refractivity (Wildman–Crippen MR) is 111 cm³/mol. The Bertz CT molecular complexity index is 955. The molecule has 6 heteroatoms. The van der Waals surface area contributed by atoms with E-state index in [9.17, 15) is 8.42 Å². The van der Waals surface area contributed by atoms with Gasteiger partial charge in [-0.1, -0.05) is 36.4 Å². The van der Waals surface area contributed by atoms with Crippen molar-refractivity contribution in [2.24, 2.45) is 10.9 Å². The standard InChI is InChI=1S/C21H25N3O2S/c1-22-21(23-14-16-10-12-27(25,26)15-16)24-11-9-19-13-18(7-8-20(19)24)17-5-3-2-4-6-17/h2-8,13,16H,9-12,14-15H2,1H3,(H,22,23). The molecule has 1 fully saturated rings. The third kappa shape index (κ3) is 3.86. The first kappa shape index (κ1) is 18.0. The van der Waals surface area contributed by atoms with E-state index in [1.54, 1.807) is 7.05 Å². The van der Waals surface area contributed by atoms with Gasteiger partial charge in [0, 0.05) is 25.8 Å². The molecule has 0 aliphatic carbocycles. The number of rotatable bonds is 3. The minimum absolute atomic E-state index is 0.175. The number of nitrogens with one attached hydrogen (secondary N) is 1. The van der Waals surface area contributed by atoms with Crippen LogP contribution in [0.3, 0.4) is 0 Å². The Morgan fingerprint density at radius 1 is 1.19 bits per heavy atom. The van der Waals surface area contributed by atoms with Gasteiger partial charge in [0.2, 0.25) is 0 Å². The number of hydrogen-bond donors (Lipinski definition) is 1. The third-order valence-corrected chi connectivity index (χ3v) is 7.26. The summed E-state index contributed by atoms with van der Waals surface area (Å²) in [6.07, 6.45) is 1.72. The average molecular weight is 384 g/mol. The lowest BCUT2D eigenvalue weighted by atomic mass is 10.0. The predicted octanol–water partition coefficient (Wildman–Crippen LogP) is 2.73. The smallest absolute Gasteiger partial charge is 0.198 e. The molecule has 27 heavy (non-hydrogen) atoms. The van der Waals surface area contributed by atoms with Gasteiger partial charge in [0.05, 0.1) is 11.5 Å². The molecule has 2 aliphatic rings. The molecule has 0 spiro atoms. The Kier molecular flexibility index (Phi) is 4.91. The molecule has 2 aromatic rings. The number of guanidine groups is 1. The maximum Gasteiger partial charge on any atom is 0.198 e. The summed E-state index contributed by atoms with van der Waals surface area (Å²) < 4.78 is 23.3. The molecule has 1 atom stereocenters. The highest BCUT2D eigenvalue weighted by atomic mass is 32.2. The van der Waals surface area contributed by atoms with E-state index in [0.29, 0.717) is 12.3 Å². The van der Waals surface area contributed by atoms with E-state index in [-0.39, 0.29) is 11.7 Å². The largest absolute Gasteiger partial charge is 0.356 e. The Balaban J connectivity index is 1.48. The lowest BCUT2D eigenvalue weighted by molar-refractivity contribution is 0.570. The highest BCUT2D eigenvalue weighted by molar-refractivity contribution is 7.91. The van der Waals surface area contributed by atoms with E-state index in [1.807, 2.05) is 6.07 Å². The van der Waals surface area contributed by atoms with Crippen LogP contribution >= 0.6 is 0 Å². The molecule has 4 rings (SSSR count). The van der Waals surface area contributed by atoms with Crippen molar-refractivity contribution in [3.8, 4) is 11.1 Å². The number of anilines is 1. The molecule has 5 nitrogen and oxygen atoms in total. The SMILES string of the molecule is CN=C(NCC1CCS(=O)(=O)C1)N1CCc2cc(-c3ccccc3)ccc21. The Morgan fingerprint density at radius 3 is 2.70 bits per heavy atom. The fraction of sp³-hybridized carbons (Fsp3) is 0.381. The van der Waals surface area contributed by atoms with E-state index in [1.165, 1.54) is 22.4 Å². The Morgan fingerprint density at radius 2 is 2.00 bits per heavy atom. The summed E-state index contributed by atoms with van der Waals surface area (Å²) in [5.74, 6) is 1.60. The summed E-state index contributed by atoms with van der Waals surface area (Å²) in [5, 5.41) is 3.39. The van der Waals surface area contributed by atoms with Gasteiger partial charge in [0.25, 0.3) is 0 Å². The van der Waals surface area contributed by atoms with Gasteiger partial charge in [0.1, 0.15) is 0 Å². The molecule has 2 aromatic carbocycles. The first-order valence-electron chi connectivity index (χ1n) is 9.43. The molecule has 0 radical (unpaired) electrons. The maximum absolute atomic E-state index is 11.7. The number of aliphatic imine (C=N–C) groups is 1. The van der Waals surface area contributed by atoms with Crippen LogP contribution in [-0.2, 0) is 16.3 Å². The van der Waals surface area contributed by atoms with Crippen molar-refractivity contribution in [2.75, 3.05) is 36.5 Å². The average Bonchev–Trinajstić information content (AvgIpc) is 3.25. The molecule has 142 valence electrons. The van der Waals surface area contributed by atoms with E-state index >= 15 is 0 Å². The van der Waals surface area contributed by atoms with Crippen LogP contribution in [0.25, 0.3) is 11.1 Å². The Hall–Kier alpha value is -2.34. The van der Waals surface area contributed by atoms with Gasteiger partial charge in [0.15, 0.2) is 15.8 Å². The van der Waals surface area contributed by atoms with Gasteiger partial charge in [-0.15, -0.1) is 0 Å². The summed E-state index contributed by atoms with van der Waals surface area (Å²) in [6, 6.07) is 17.0. The number of nitrogens with zero attached hydrogens (tertiary/aromatic N) is 2. The lowest BCUT2D eigenvalue weighted by Crippen LogP contribution is -2.42. The molecule has 1 unspecified atom stereocenters. The maximum atomic E-state index is 11.7. The second-order valence-corrected chi connectivity index (χ2v) is 9.54.